The van der Waals surface area contributed by atoms with Crippen LogP contribution in [-0.2, 0) is 22.6 Å². The van der Waals surface area contributed by atoms with Crippen LogP contribution in [0.2, 0.25) is 0 Å². The molecule has 104 valence electrons. The minimum Gasteiger partial charge on any atom is -0.473 e. The van der Waals surface area contributed by atoms with E-state index in [-0.39, 0.29) is 0 Å². The second-order valence-electron chi connectivity index (χ2n) is 4.46. The topological polar surface area (TPSA) is 86.6 Å². The first-order chi connectivity index (χ1) is 9.59. The fourth-order valence-corrected chi connectivity index (χ4v) is 2.26. The molecule has 1 aliphatic rings. The summed E-state index contributed by atoms with van der Waals surface area (Å²) in [6.45, 7) is 2.14. The summed E-state index contributed by atoms with van der Waals surface area (Å²) < 4.78 is 0. The molecular weight excluding hydrogens is 258 g/mol. The first-order valence-corrected chi connectivity index (χ1v) is 6.26. The maximum Gasteiger partial charge on any atom is 0.414 e. The SMILES string of the molecule is O=C(O)C(=O)O.c1ccc2c3c(ccc2c1)CCNC3. The number of hydrogen-bond donors (Lipinski definition) is 3. The highest BCUT2D eigenvalue weighted by atomic mass is 16.4. The van der Waals surface area contributed by atoms with Crippen LogP contribution in [0, 0.1) is 0 Å². The summed E-state index contributed by atoms with van der Waals surface area (Å²) in [7, 11) is 0. The van der Waals surface area contributed by atoms with Crippen LogP contribution >= 0.6 is 0 Å². The van der Waals surface area contributed by atoms with E-state index >= 15 is 0 Å². The number of carbonyl (C=O) groups is 2. The molecule has 0 unspecified atom stereocenters. The van der Waals surface area contributed by atoms with E-state index in [1.165, 1.54) is 28.3 Å². The van der Waals surface area contributed by atoms with Crippen LogP contribution in [0.15, 0.2) is 36.4 Å². The van der Waals surface area contributed by atoms with Gasteiger partial charge >= 0.3 is 11.9 Å². The molecule has 20 heavy (non-hydrogen) atoms. The first kappa shape index (κ1) is 14.0. The van der Waals surface area contributed by atoms with Gasteiger partial charge in [-0.2, -0.15) is 0 Å². The number of fused-ring (bicyclic) bond motifs is 3. The normalized spacial score (nSPS) is 13.0. The van der Waals surface area contributed by atoms with Crippen molar-refractivity contribution in [2.75, 3.05) is 6.54 Å². The van der Waals surface area contributed by atoms with E-state index in [0.29, 0.717) is 0 Å². The average molecular weight is 273 g/mol. The molecule has 3 N–H and O–H groups in total. The van der Waals surface area contributed by atoms with Crippen LogP contribution in [0.5, 0.6) is 0 Å². The average Bonchev–Trinajstić information content (AvgIpc) is 2.47. The second-order valence-corrected chi connectivity index (χ2v) is 4.46. The highest BCUT2D eigenvalue weighted by molar-refractivity contribution is 6.27. The van der Waals surface area contributed by atoms with Gasteiger partial charge in [0.05, 0.1) is 0 Å². The third kappa shape index (κ3) is 3.13. The predicted octanol–water partition coefficient (Wildman–Crippen LogP) is 1.64. The minimum atomic E-state index is -1.82. The van der Waals surface area contributed by atoms with E-state index in [0.717, 1.165) is 13.1 Å². The quantitative estimate of drug-likeness (QED) is 0.635. The van der Waals surface area contributed by atoms with Crippen LogP contribution in [0.1, 0.15) is 11.1 Å². The molecule has 0 spiro atoms. The van der Waals surface area contributed by atoms with Gasteiger partial charge < -0.3 is 15.5 Å². The van der Waals surface area contributed by atoms with Gasteiger partial charge in [0.1, 0.15) is 0 Å². The predicted molar refractivity (Wildman–Crippen MR) is 74.6 cm³/mol. The number of carboxylic acid groups (broad SMARTS) is 2. The lowest BCUT2D eigenvalue weighted by Gasteiger charge is -2.18. The van der Waals surface area contributed by atoms with Crippen molar-refractivity contribution in [3.05, 3.63) is 47.5 Å². The van der Waals surface area contributed by atoms with E-state index < -0.39 is 11.9 Å². The number of carboxylic acids is 2. The van der Waals surface area contributed by atoms with Crippen molar-refractivity contribution in [3.63, 3.8) is 0 Å². The number of hydrogen-bond acceptors (Lipinski definition) is 3. The number of rotatable bonds is 0. The molecule has 0 fully saturated rings. The van der Waals surface area contributed by atoms with Crippen LogP contribution in [0.3, 0.4) is 0 Å². The molecule has 0 aliphatic carbocycles. The number of aliphatic carboxylic acids is 2. The maximum atomic E-state index is 9.10. The lowest BCUT2D eigenvalue weighted by Crippen LogP contribution is -2.23. The molecule has 5 heteroatoms. The maximum absolute atomic E-state index is 9.10. The van der Waals surface area contributed by atoms with Gasteiger partial charge in [0.25, 0.3) is 0 Å². The van der Waals surface area contributed by atoms with Crippen molar-refractivity contribution >= 4 is 22.7 Å². The molecule has 3 rings (SSSR count). The van der Waals surface area contributed by atoms with Gasteiger partial charge in [-0.25, -0.2) is 9.59 Å². The Morgan fingerprint density at radius 1 is 1.00 bits per heavy atom. The zero-order chi connectivity index (χ0) is 14.5. The minimum absolute atomic E-state index is 1.02. The molecule has 0 bridgehead atoms. The molecule has 5 nitrogen and oxygen atoms in total. The van der Waals surface area contributed by atoms with Crippen LogP contribution in [0.4, 0.5) is 0 Å². The van der Waals surface area contributed by atoms with Gasteiger partial charge in [-0.1, -0.05) is 36.4 Å². The Morgan fingerprint density at radius 3 is 2.40 bits per heavy atom. The van der Waals surface area contributed by atoms with E-state index in [4.69, 9.17) is 19.8 Å². The van der Waals surface area contributed by atoms with Crippen molar-refractivity contribution < 1.29 is 19.8 Å². The molecule has 0 saturated carbocycles. The largest absolute Gasteiger partial charge is 0.473 e. The van der Waals surface area contributed by atoms with Crippen molar-refractivity contribution in [1.82, 2.24) is 5.32 Å². The zero-order valence-electron chi connectivity index (χ0n) is 10.8. The smallest absolute Gasteiger partial charge is 0.414 e. The molecular formula is C15H15NO4. The summed E-state index contributed by atoms with van der Waals surface area (Å²) in [4.78, 5) is 18.2. The van der Waals surface area contributed by atoms with Gasteiger partial charge in [0, 0.05) is 6.54 Å². The zero-order valence-corrected chi connectivity index (χ0v) is 10.8. The number of nitrogens with one attached hydrogen (secondary N) is 1. The summed E-state index contributed by atoms with van der Waals surface area (Å²) in [5, 5.41) is 21.0. The Balaban J connectivity index is 0.000000212. The van der Waals surface area contributed by atoms with Gasteiger partial charge in [0.15, 0.2) is 0 Å². The highest BCUT2D eigenvalue weighted by Crippen LogP contribution is 2.24. The third-order valence-corrected chi connectivity index (χ3v) is 3.19. The standard InChI is InChI=1S/C13H13N.C2H2O4/c1-2-4-12-10(3-1)5-6-11-7-8-14-9-13(11)12;3-1(4)2(5)6/h1-6,14H,7-9H2;(H,3,4)(H,5,6). The summed E-state index contributed by atoms with van der Waals surface area (Å²) >= 11 is 0. The third-order valence-electron chi connectivity index (χ3n) is 3.19. The molecule has 0 radical (unpaired) electrons. The lowest BCUT2D eigenvalue weighted by molar-refractivity contribution is -0.159. The second kappa shape index (κ2) is 6.16. The Bertz CT molecular complexity index is 639. The molecule has 0 aromatic heterocycles. The van der Waals surface area contributed by atoms with Crippen LogP contribution in [-0.4, -0.2) is 28.7 Å². The monoisotopic (exact) mass is 273 g/mol. The Kier molecular flexibility index (Phi) is 4.32. The summed E-state index contributed by atoms with van der Waals surface area (Å²) in [5.41, 5.74) is 3.01. The molecule has 2 aromatic rings. The molecule has 1 heterocycles. The van der Waals surface area contributed by atoms with E-state index in [1.54, 1.807) is 0 Å². The summed E-state index contributed by atoms with van der Waals surface area (Å²) in [6, 6.07) is 13.1. The van der Waals surface area contributed by atoms with E-state index in [9.17, 15) is 0 Å². The fourth-order valence-electron chi connectivity index (χ4n) is 2.26. The Morgan fingerprint density at radius 2 is 1.70 bits per heavy atom. The molecule has 0 atom stereocenters. The van der Waals surface area contributed by atoms with Crippen LogP contribution in [0.25, 0.3) is 10.8 Å². The summed E-state index contributed by atoms with van der Waals surface area (Å²) in [5.74, 6) is -3.65. The molecule has 0 amide bonds. The Hall–Kier alpha value is -2.40. The summed E-state index contributed by atoms with van der Waals surface area (Å²) in [6.07, 6.45) is 1.17. The van der Waals surface area contributed by atoms with E-state index in [2.05, 4.69) is 41.7 Å². The molecule has 0 saturated heterocycles. The molecule has 2 aromatic carbocycles. The van der Waals surface area contributed by atoms with Gasteiger partial charge in [-0.15, -0.1) is 0 Å². The van der Waals surface area contributed by atoms with E-state index in [1.807, 2.05) is 0 Å². The van der Waals surface area contributed by atoms with Gasteiger partial charge in [-0.3, -0.25) is 0 Å². The van der Waals surface area contributed by atoms with Gasteiger partial charge in [0.2, 0.25) is 0 Å². The van der Waals surface area contributed by atoms with Crippen LogP contribution < -0.4 is 5.32 Å². The van der Waals surface area contributed by atoms with Crippen molar-refractivity contribution in [3.8, 4) is 0 Å². The lowest BCUT2D eigenvalue weighted by atomic mass is 9.95. The van der Waals surface area contributed by atoms with Crippen molar-refractivity contribution in [1.29, 1.82) is 0 Å². The Labute approximate surface area is 115 Å². The first-order valence-electron chi connectivity index (χ1n) is 6.26. The fraction of sp³-hybridized carbons (Fsp3) is 0.200. The molecule has 1 aliphatic heterocycles. The highest BCUT2D eigenvalue weighted by Gasteiger charge is 2.10. The van der Waals surface area contributed by atoms with Crippen molar-refractivity contribution in [2.45, 2.75) is 13.0 Å². The number of benzene rings is 2. The van der Waals surface area contributed by atoms with Gasteiger partial charge in [-0.05, 0) is 34.9 Å². The van der Waals surface area contributed by atoms with Crippen molar-refractivity contribution in [2.24, 2.45) is 0 Å².